The van der Waals surface area contributed by atoms with E-state index in [4.69, 9.17) is 9.47 Å². The molecule has 7 nitrogen and oxygen atoms in total. The molecular weight excluding hydrogens is 338 g/mol. The van der Waals surface area contributed by atoms with Crippen LogP contribution < -0.4 is 5.56 Å². The van der Waals surface area contributed by atoms with Gasteiger partial charge in [-0.3, -0.25) is 4.79 Å². The fourth-order valence-corrected chi connectivity index (χ4v) is 3.02. The van der Waals surface area contributed by atoms with Crippen LogP contribution in [0.15, 0.2) is 29.1 Å². The standard InChI is InChI=1S/C19H21NO6/c1-19(2,3)26-18(24)20-14(17(22)23)10-12-9-11(15-5-4-8-25-15)6-7-13(12)16(20)21/h6-7,9-10,15H,4-5,8H2,1-3H3,(H,22,23). The molecule has 1 aliphatic heterocycles. The summed E-state index contributed by atoms with van der Waals surface area (Å²) in [6.45, 7) is 5.62. The van der Waals surface area contributed by atoms with Crippen molar-refractivity contribution in [1.29, 1.82) is 0 Å². The normalized spacial score (nSPS) is 17.4. The summed E-state index contributed by atoms with van der Waals surface area (Å²) in [7, 11) is 0. The van der Waals surface area contributed by atoms with Gasteiger partial charge < -0.3 is 14.6 Å². The van der Waals surface area contributed by atoms with Crippen LogP contribution in [0.25, 0.3) is 10.8 Å². The number of pyridine rings is 1. The van der Waals surface area contributed by atoms with Gasteiger partial charge in [-0.15, -0.1) is 0 Å². The number of carbonyl (C=O) groups excluding carboxylic acids is 1. The van der Waals surface area contributed by atoms with Crippen molar-refractivity contribution in [1.82, 2.24) is 4.57 Å². The lowest BCUT2D eigenvalue weighted by Crippen LogP contribution is -2.36. The Balaban J connectivity index is 2.16. The summed E-state index contributed by atoms with van der Waals surface area (Å²) in [5.41, 5.74) is -1.11. The molecule has 0 bridgehead atoms. The number of hydrogen-bond donors (Lipinski definition) is 1. The first-order valence-corrected chi connectivity index (χ1v) is 8.45. The second-order valence-electron chi connectivity index (χ2n) is 7.30. The van der Waals surface area contributed by atoms with Crippen molar-refractivity contribution in [2.24, 2.45) is 0 Å². The average Bonchev–Trinajstić information content (AvgIpc) is 3.06. The van der Waals surface area contributed by atoms with Gasteiger partial charge in [0.1, 0.15) is 11.3 Å². The smallest absolute Gasteiger partial charge is 0.422 e. The maximum Gasteiger partial charge on any atom is 0.422 e. The maximum atomic E-state index is 12.8. The minimum absolute atomic E-state index is 0.0547. The van der Waals surface area contributed by atoms with Crippen LogP contribution in [0.5, 0.6) is 0 Å². The molecule has 1 unspecified atom stereocenters. The number of carboxylic acid groups (broad SMARTS) is 1. The van der Waals surface area contributed by atoms with Gasteiger partial charge in [0.05, 0.1) is 6.10 Å². The number of nitrogens with zero attached hydrogens (tertiary/aromatic N) is 1. The number of carboxylic acids is 1. The molecule has 0 amide bonds. The number of rotatable bonds is 2. The summed E-state index contributed by atoms with van der Waals surface area (Å²) in [5, 5.41) is 10.2. The molecule has 1 aromatic carbocycles. The first-order valence-electron chi connectivity index (χ1n) is 8.45. The average molecular weight is 359 g/mol. The summed E-state index contributed by atoms with van der Waals surface area (Å²) >= 11 is 0. The highest BCUT2D eigenvalue weighted by molar-refractivity contribution is 5.96. The monoisotopic (exact) mass is 359 g/mol. The zero-order chi connectivity index (χ0) is 19.1. The first-order chi connectivity index (χ1) is 12.2. The molecule has 1 N–H and O–H groups in total. The largest absolute Gasteiger partial charge is 0.477 e. The van der Waals surface area contributed by atoms with Crippen LogP contribution >= 0.6 is 0 Å². The van der Waals surface area contributed by atoms with Crippen LogP contribution in [0.4, 0.5) is 4.79 Å². The van der Waals surface area contributed by atoms with Crippen molar-refractivity contribution >= 4 is 22.8 Å². The lowest BCUT2D eigenvalue weighted by Gasteiger charge is -2.21. The van der Waals surface area contributed by atoms with Crippen molar-refractivity contribution in [2.75, 3.05) is 6.61 Å². The van der Waals surface area contributed by atoms with Gasteiger partial charge in [-0.25, -0.2) is 14.2 Å². The molecule has 138 valence electrons. The van der Waals surface area contributed by atoms with Gasteiger partial charge in [0, 0.05) is 12.0 Å². The van der Waals surface area contributed by atoms with E-state index in [1.54, 1.807) is 39.0 Å². The molecule has 7 heteroatoms. The zero-order valence-electron chi connectivity index (χ0n) is 14.9. The summed E-state index contributed by atoms with van der Waals surface area (Å²) in [4.78, 5) is 36.8. The van der Waals surface area contributed by atoms with Crippen molar-refractivity contribution < 1.29 is 24.2 Å². The van der Waals surface area contributed by atoms with E-state index in [2.05, 4.69) is 0 Å². The highest BCUT2D eigenvalue weighted by Gasteiger charge is 2.26. The van der Waals surface area contributed by atoms with Crippen molar-refractivity contribution in [2.45, 2.75) is 45.3 Å². The van der Waals surface area contributed by atoms with Gasteiger partial charge >= 0.3 is 12.1 Å². The Morgan fingerprint density at radius 1 is 1.27 bits per heavy atom. The topological polar surface area (TPSA) is 94.8 Å². The van der Waals surface area contributed by atoms with E-state index in [0.717, 1.165) is 18.4 Å². The lowest BCUT2D eigenvalue weighted by atomic mass is 10.0. The Kier molecular flexibility index (Phi) is 4.58. The van der Waals surface area contributed by atoms with Crippen molar-refractivity contribution in [3.63, 3.8) is 0 Å². The number of fused-ring (bicyclic) bond motifs is 1. The molecule has 0 aliphatic carbocycles. The van der Waals surface area contributed by atoms with E-state index < -0.39 is 28.9 Å². The van der Waals surface area contributed by atoms with Crippen LogP contribution in [0.2, 0.25) is 0 Å². The number of hydrogen-bond acceptors (Lipinski definition) is 5. The summed E-state index contributed by atoms with van der Waals surface area (Å²) in [5.74, 6) is -1.38. The fourth-order valence-electron chi connectivity index (χ4n) is 3.02. The summed E-state index contributed by atoms with van der Waals surface area (Å²) in [6.07, 6.45) is 0.779. The van der Waals surface area contributed by atoms with Gasteiger partial charge in [0.2, 0.25) is 0 Å². The Hall–Kier alpha value is -2.67. The predicted molar refractivity (Wildman–Crippen MR) is 94.7 cm³/mol. The van der Waals surface area contributed by atoms with Crippen LogP contribution in [0.3, 0.4) is 0 Å². The molecule has 1 saturated heterocycles. The van der Waals surface area contributed by atoms with Gasteiger partial charge in [0.25, 0.3) is 5.56 Å². The zero-order valence-corrected chi connectivity index (χ0v) is 14.9. The molecule has 0 saturated carbocycles. The second-order valence-corrected chi connectivity index (χ2v) is 7.30. The van der Waals surface area contributed by atoms with E-state index >= 15 is 0 Å². The molecule has 0 radical (unpaired) electrons. The third kappa shape index (κ3) is 3.48. The van der Waals surface area contributed by atoms with Crippen LogP contribution in [0, 0.1) is 0 Å². The third-order valence-corrected chi connectivity index (χ3v) is 4.14. The number of benzene rings is 1. The minimum atomic E-state index is -1.38. The van der Waals surface area contributed by atoms with E-state index in [1.165, 1.54) is 6.07 Å². The van der Waals surface area contributed by atoms with Crippen LogP contribution in [-0.4, -0.2) is 33.9 Å². The first kappa shape index (κ1) is 18.1. The molecule has 1 fully saturated rings. The van der Waals surface area contributed by atoms with Crippen molar-refractivity contribution in [3.05, 3.63) is 45.9 Å². The second kappa shape index (κ2) is 6.57. The fraction of sp³-hybridized carbons (Fsp3) is 0.421. The summed E-state index contributed by atoms with van der Waals surface area (Å²) in [6, 6.07) is 6.45. The summed E-state index contributed by atoms with van der Waals surface area (Å²) < 4.78 is 11.4. The molecule has 2 aromatic rings. The Morgan fingerprint density at radius 2 is 2.00 bits per heavy atom. The Labute approximate surface area is 150 Å². The van der Waals surface area contributed by atoms with Crippen molar-refractivity contribution in [3.8, 4) is 0 Å². The molecule has 1 aromatic heterocycles. The number of ether oxygens (including phenoxy) is 2. The molecule has 26 heavy (non-hydrogen) atoms. The molecule has 1 atom stereocenters. The van der Waals surface area contributed by atoms with Crippen LogP contribution in [-0.2, 0) is 9.47 Å². The third-order valence-electron chi connectivity index (χ3n) is 4.14. The van der Waals surface area contributed by atoms with Gasteiger partial charge in [-0.1, -0.05) is 6.07 Å². The van der Waals surface area contributed by atoms with E-state index in [0.29, 0.717) is 16.6 Å². The molecule has 0 spiro atoms. The maximum absolute atomic E-state index is 12.8. The van der Waals surface area contributed by atoms with Gasteiger partial charge in [0.15, 0.2) is 0 Å². The van der Waals surface area contributed by atoms with Crippen LogP contribution in [0.1, 0.15) is 55.8 Å². The number of aromatic carboxylic acids is 1. The highest BCUT2D eigenvalue weighted by atomic mass is 16.6. The molecule has 3 rings (SSSR count). The molecular formula is C19H21NO6. The van der Waals surface area contributed by atoms with Gasteiger partial charge in [-0.2, -0.15) is 0 Å². The van der Waals surface area contributed by atoms with Gasteiger partial charge in [-0.05, 0) is 62.8 Å². The predicted octanol–water partition coefficient (Wildman–Crippen LogP) is 3.33. The quantitative estimate of drug-likeness (QED) is 0.884. The van der Waals surface area contributed by atoms with E-state index in [1.807, 2.05) is 0 Å². The van der Waals surface area contributed by atoms with E-state index in [-0.39, 0.29) is 11.5 Å². The lowest BCUT2D eigenvalue weighted by molar-refractivity contribution is 0.0498. The Morgan fingerprint density at radius 3 is 2.58 bits per heavy atom. The Bertz CT molecular complexity index is 931. The van der Waals surface area contributed by atoms with E-state index in [9.17, 15) is 19.5 Å². The molecule has 2 heterocycles. The minimum Gasteiger partial charge on any atom is -0.477 e. The SMILES string of the molecule is CC(C)(C)OC(=O)n1c(C(=O)O)cc2cc(C3CCCO3)ccc2c1=O. The number of carbonyl (C=O) groups is 2. The molecule has 1 aliphatic rings. The highest BCUT2D eigenvalue weighted by Crippen LogP contribution is 2.30. The number of aromatic nitrogens is 1.